The zero-order valence-corrected chi connectivity index (χ0v) is 10.2. The Balaban J connectivity index is 2.17. The quantitative estimate of drug-likeness (QED) is 0.645. The standard InChI is InChI=1S/C12H17F2N3O/c1-7-4-2-3-5-10(7)18-12-9(14)6-8(13)11(16-12)17-15/h6-7,10H,2-5,15H2,1H3,(H,16,17). The van der Waals surface area contributed by atoms with Gasteiger partial charge in [0.15, 0.2) is 17.5 Å². The summed E-state index contributed by atoms with van der Waals surface area (Å²) in [4.78, 5) is 3.71. The number of nitrogen functional groups attached to an aromatic ring is 1. The second kappa shape index (κ2) is 5.48. The zero-order valence-electron chi connectivity index (χ0n) is 10.2. The molecular formula is C12H17F2N3O. The molecule has 1 aromatic heterocycles. The smallest absolute Gasteiger partial charge is 0.252 e. The molecule has 2 rings (SSSR count). The van der Waals surface area contributed by atoms with Gasteiger partial charge in [-0.2, -0.15) is 4.98 Å². The molecule has 0 aromatic carbocycles. The molecule has 0 spiro atoms. The summed E-state index contributed by atoms with van der Waals surface area (Å²) in [5.74, 6) is 3.41. The molecule has 18 heavy (non-hydrogen) atoms. The molecule has 1 heterocycles. The van der Waals surface area contributed by atoms with Crippen molar-refractivity contribution in [1.29, 1.82) is 0 Å². The summed E-state index contributed by atoms with van der Waals surface area (Å²) in [5, 5.41) is 0. The molecule has 0 saturated heterocycles. The maximum atomic E-state index is 13.6. The predicted molar refractivity (Wildman–Crippen MR) is 64.0 cm³/mol. The number of aromatic nitrogens is 1. The molecule has 0 radical (unpaired) electrons. The van der Waals surface area contributed by atoms with Crippen molar-refractivity contribution in [3.05, 3.63) is 17.7 Å². The fourth-order valence-electron chi connectivity index (χ4n) is 2.23. The van der Waals surface area contributed by atoms with Gasteiger partial charge in [0.05, 0.1) is 0 Å². The van der Waals surface area contributed by atoms with Gasteiger partial charge in [0, 0.05) is 6.07 Å². The number of hydrogen-bond donors (Lipinski definition) is 2. The van der Waals surface area contributed by atoms with E-state index in [-0.39, 0.29) is 17.8 Å². The Bertz CT molecular complexity index is 428. The van der Waals surface area contributed by atoms with E-state index in [4.69, 9.17) is 10.6 Å². The summed E-state index contributed by atoms with van der Waals surface area (Å²) in [6.45, 7) is 2.06. The average molecular weight is 257 g/mol. The Kier molecular flexibility index (Phi) is 3.96. The van der Waals surface area contributed by atoms with Crippen LogP contribution in [0, 0.1) is 17.6 Å². The van der Waals surface area contributed by atoms with Crippen molar-refractivity contribution in [3.63, 3.8) is 0 Å². The van der Waals surface area contributed by atoms with Gasteiger partial charge in [-0.05, 0) is 25.2 Å². The Morgan fingerprint density at radius 2 is 2.06 bits per heavy atom. The van der Waals surface area contributed by atoms with E-state index in [0.29, 0.717) is 5.92 Å². The summed E-state index contributed by atoms with van der Waals surface area (Å²) in [5.41, 5.74) is 2.08. The van der Waals surface area contributed by atoms with Gasteiger partial charge in [-0.1, -0.05) is 13.3 Å². The van der Waals surface area contributed by atoms with Crippen molar-refractivity contribution in [1.82, 2.24) is 4.98 Å². The number of rotatable bonds is 3. The van der Waals surface area contributed by atoms with E-state index in [0.717, 1.165) is 31.7 Å². The lowest BCUT2D eigenvalue weighted by molar-refractivity contribution is 0.0927. The number of nitrogens with one attached hydrogen (secondary N) is 1. The first-order valence-corrected chi connectivity index (χ1v) is 6.11. The van der Waals surface area contributed by atoms with E-state index >= 15 is 0 Å². The molecule has 2 atom stereocenters. The number of pyridine rings is 1. The van der Waals surface area contributed by atoms with Gasteiger partial charge in [0.1, 0.15) is 6.10 Å². The van der Waals surface area contributed by atoms with E-state index in [9.17, 15) is 8.78 Å². The van der Waals surface area contributed by atoms with Crippen LogP contribution in [0.2, 0.25) is 0 Å². The van der Waals surface area contributed by atoms with Gasteiger partial charge in [0.25, 0.3) is 5.88 Å². The molecule has 1 fully saturated rings. The molecule has 0 aliphatic heterocycles. The molecule has 1 aliphatic carbocycles. The number of hydrazine groups is 1. The number of nitrogens with zero attached hydrogens (tertiary/aromatic N) is 1. The minimum absolute atomic E-state index is 0.0724. The molecule has 2 unspecified atom stereocenters. The Morgan fingerprint density at radius 1 is 1.33 bits per heavy atom. The second-order valence-electron chi connectivity index (χ2n) is 4.67. The fraction of sp³-hybridized carbons (Fsp3) is 0.583. The number of halogens is 2. The van der Waals surface area contributed by atoms with Crippen LogP contribution in [0.15, 0.2) is 6.07 Å². The monoisotopic (exact) mass is 257 g/mol. The summed E-state index contributed by atoms with van der Waals surface area (Å²) >= 11 is 0. The Labute approximate surface area is 105 Å². The fourth-order valence-corrected chi connectivity index (χ4v) is 2.23. The van der Waals surface area contributed by atoms with Crippen LogP contribution in [0.3, 0.4) is 0 Å². The van der Waals surface area contributed by atoms with Crippen LogP contribution >= 0.6 is 0 Å². The van der Waals surface area contributed by atoms with Crippen molar-refractivity contribution in [3.8, 4) is 5.88 Å². The zero-order chi connectivity index (χ0) is 13.1. The number of hydrogen-bond acceptors (Lipinski definition) is 4. The van der Waals surface area contributed by atoms with Crippen molar-refractivity contribution < 1.29 is 13.5 Å². The van der Waals surface area contributed by atoms with Gasteiger partial charge in [-0.3, -0.25) is 0 Å². The third-order valence-corrected chi connectivity index (χ3v) is 3.33. The van der Waals surface area contributed by atoms with Gasteiger partial charge in [0.2, 0.25) is 0 Å². The molecule has 4 nitrogen and oxygen atoms in total. The van der Waals surface area contributed by atoms with Crippen molar-refractivity contribution >= 4 is 5.82 Å². The van der Waals surface area contributed by atoms with Crippen LogP contribution in [0.5, 0.6) is 5.88 Å². The first-order chi connectivity index (χ1) is 8.61. The lowest BCUT2D eigenvalue weighted by Crippen LogP contribution is -2.29. The normalized spacial score (nSPS) is 23.8. The van der Waals surface area contributed by atoms with Gasteiger partial charge < -0.3 is 10.2 Å². The third-order valence-electron chi connectivity index (χ3n) is 3.33. The number of nitrogens with two attached hydrogens (primary N) is 1. The summed E-state index contributed by atoms with van der Waals surface area (Å²) in [6.07, 6.45) is 4.06. The van der Waals surface area contributed by atoms with Crippen LogP contribution in [0.4, 0.5) is 14.6 Å². The van der Waals surface area contributed by atoms with Crippen molar-refractivity contribution in [2.75, 3.05) is 5.43 Å². The minimum atomic E-state index is -0.834. The van der Waals surface area contributed by atoms with E-state index in [1.807, 2.05) is 0 Å². The molecule has 0 bridgehead atoms. The van der Waals surface area contributed by atoms with E-state index in [1.165, 1.54) is 0 Å². The average Bonchev–Trinajstić information content (AvgIpc) is 2.35. The Morgan fingerprint density at radius 3 is 2.72 bits per heavy atom. The molecule has 1 aromatic rings. The SMILES string of the molecule is CC1CCCCC1Oc1nc(NN)c(F)cc1F. The third kappa shape index (κ3) is 2.69. The van der Waals surface area contributed by atoms with E-state index < -0.39 is 11.6 Å². The topological polar surface area (TPSA) is 60.2 Å². The van der Waals surface area contributed by atoms with Crippen LogP contribution in [0.1, 0.15) is 32.6 Å². The highest BCUT2D eigenvalue weighted by molar-refractivity contribution is 5.38. The van der Waals surface area contributed by atoms with Crippen LogP contribution in [0.25, 0.3) is 0 Å². The van der Waals surface area contributed by atoms with E-state index in [2.05, 4.69) is 17.3 Å². The second-order valence-corrected chi connectivity index (χ2v) is 4.67. The first-order valence-electron chi connectivity index (χ1n) is 6.11. The lowest BCUT2D eigenvalue weighted by atomic mass is 9.88. The molecule has 1 aliphatic rings. The van der Waals surface area contributed by atoms with Gasteiger partial charge >= 0.3 is 0 Å². The molecule has 1 saturated carbocycles. The van der Waals surface area contributed by atoms with Crippen molar-refractivity contribution in [2.45, 2.75) is 38.7 Å². The van der Waals surface area contributed by atoms with Crippen LogP contribution in [-0.2, 0) is 0 Å². The highest BCUT2D eigenvalue weighted by Crippen LogP contribution is 2.29. The maximum Gasteiger partial charge on any atom is 0.252 e. The van der Waals surface area contributed by atoms with Gasteiger partial charge in [-0.15, -0.1) is 0 Å². The van der Waals surface area contributed by atoms with Crippen LogP contribution < -0.4 is 16.0 Å². The summed E-state index contributed by atoms with van der Waals surface area (Å²) in [6, 6.07) is 0.727. The lowest BCUT2D eigenvalue weighted by Gasteiger charge is -2.28. The van der Waals surface area contributed by atoms with Crippen molar-refractivity contribution in [2.24, 2.45) is 11.8 Å². The van der Waals surface area contributed by atoms with E-state index in [1.54, 1.807) is 0 Å². The molecule has 6 heteroatoms. The summed E-state index contributed by atoms with van der Waals surface area (Å²) < 4.78 is 32.3. The first kappa shape index (κ1) is 13.0. The van der Waals surface area contributed by atoms with Gasteiger partial charge in [-0.25, -0.2) is 14.6 Å². The minimum Gasteiger partial charge on any atom is -0.472 e. The van der Waals surface area contributed by atoms with Crippen LogP contribution in [-0.4, -0.2) is 11.1 Å². The molecule has 100 valence electrons. The molecular weight excluding hydrogens is 240 g/mol. The highest BCUT2D eigenvalue weighted by atomic mass is 19.1. The molecule has 3 N–H and O–H groups in total. The largest absolute Gasteiger partial charge is 0.472 e. The number of ether oxygens (including phenoxy) is 1. The number of anilines is 1. The summed E-state index contributed by atoms with van der Waals surface area (Å²) in [7, 11) is 0. The maximum absolute atomic E-state index is 13.6. The Hall–Kier alpha value is -1.43. The molecule has 0 amide bonds. The predicted octanol–water partition coefficient (Wildman–Crippen LogP) is 2.60. The highest BCUT2D eigenvalue weighted by Gasteiger charge is 2.25.